The molecule has 3 rings (SSSR count). The molecule has 392 valence electrons. The SMILES string of the molecule is C1CCCCC1.C=[C-]C(C)C.C=[C-]C(C)C.C=[C-]C([CH2-])C.C=[C-]C([CH2-])C.C=[C-]CC.C=[C-]CC.C=[C-]c1ccccc1.CC.CC.CC.CC.[CH2-]CCC[CH-]C.[Y].[Y].[Y].[Y].[Y].[Y].[Y].[Y].c1ccccc1. The first-order valence-corrected chi connectivity index (χ1v) is 23.7. The number of hydrogen-bond acceptors (Lipinski definition) is 0. The van der Waals surface area contributed by atoms with E-state index in [0.29, 0.717) is 11.8 Å². The molecular formula is C62H109Y8-11. The van der Waals surface area contributed by atoms with Crippen LogP contribution in [0.2, 0.25) is 0 Å². The fraction of sp³-hybridized carbons (Fsp3) is 0.516. The van der Waals surface area contributed by atoms with E-state index in [1.165, 1.54) is 51.4 Å². The first-order valence-electron chi connectivity index (χ1n) is 23.7. The molecule has 0 nitrogen and oxygen atoms in total. The summed E-state index contributed by atoms with van der Waals surface area (Å²) in [5.41, 5.74) is 1.05. The summed E-state index contributed by atoms with van der Waals surface area (Å²) in [5.74, 6) is 1.59. The third-order valence-electron chi connectivity index (χ3n) is 5.90. The topological polar surface area (TPSA) is 0 Å². The van der Waals surface area contributed by atoms with Crippen molar-refractivity contribution in [3.05, 3.63) is 188 Å². The fourth-order valence-corrected chi connectivity index (χ4v) is 2.35. The van der Waals surface area contributed by atoms with Crippen molar-refractivity contribution in [3.8, 4) is 0 Å². The van der Waals surface area contributed by atoms with E-state index < -0.39 is 0 Å². The zero-order chi connectivity index (χ0) is 51.1. The zero-order valence-corrected chi connectivity index (χ0v) is 72.4. The van der Waals surface area contributed by atoms with Crippen molar-refractivity contribution in [1.82, 2.24) is 0 Å². The molecule has 1 saturated carbocycles. The van der Waals surface area contributed by atoms with Gasteiger partial charge >= 0.3 is 0 Å². The maximum absolute atomic E-state index is 3.70. The van der Waals surface area contributed by atoms with Gasteiger partial charge in [0.2, 0.25) is 0 Å². The van der Waals surface area contributed by atoms with E-state index in [4.69, 9.17) is 0 Å². The molecule has 0 aromatic heterocycles. The second kappa shape index (κ2) is 158. The van der Waals surface area contributed by atoms with Gasteiger partial charge in [0.15, 0.2) is 0 Å². The summed E-state index contributed by atoms with van der Waals surface area (Å²) in [6.45, 7) is 68.9. The van der Waals surface area contributed by atoms with Gasteiger partial charge in [0, 0.05) is 262 Å². The minimum Gasteiger partial charge on any atom is -0.532 e. The smallest absolute Gasteiger partial charge is 0 e. The summed E-state index contributed by atoms with van der Waals surface area (Å²) >= 11 is 0. The van der Waals surface area contributed by atoms with Crippen LogP contribution in [0.25, 0.3) is 0 Å². The predicted octanol–water partition coefficient (Wildman–Crippen LogP) is 21.3. The van der Waals surface area contributed by atoms with Gasteiger partial charge in [-0.15, -0.1) is 32.4 Å². The molecular weight excluding hydrogens is 1460 g/mol. The van der Waals surface area contributed by atoms with E-state index in [1.54, 1.807) is 0 Å². The van der Waals surface area contributed by atoms with Crippen LogP contribution in [0, 0.1) is 93.4 Å². The van der Waals surface area contributed by atoms with E-state index in [2.05, 4.69) is 123 Å². The molecule has 8 radical (unpaired) electrons. The molecule has 70 heavy (non-hydrogen) atoms. The molecule has 0 aliphatic heterocycles. The molecule has 1 aliphatic carbocycles. The predicted molar refractivity (Wildman–Crippen MR) is 296 cm³/mol. The zero-order valence-electron chi connectivity index (χ0n) is 49.7. The van der Waals surface area contributed by atoms with Gasteiger partial charge in [-0.1, -0.05) is 178 Å². The molecule has 2 aromatic carbocycles. The Kier molecular flexibility index (Phi) is 296. The van der Waals surface area contributed by atoms with Crippen LogP contribution in [0.3, 0.4) is 0 Å². The summed E-state index contributed by atoms with van der Waals surface area (Å²) in [6.07, 6.45) is 35.7. The van der Waals surface area contributed by atoms with Crippen molar-refractivity contribution < 1.29 is 262 Å². The van der Waals surface area contributed by atoms with Gasteiger partial charge in [0.05, 0.1) is 0 Å². The van der Waals surface area contributed by atoms with Crippen LogP contribution in [0.1, 0.15) is 194 Å². The van der Waals surface area contributed by atoms with Gasteiger partial charge in [0.25, 0.3) is 0 Å². The molecule has 1 aliphatic rings. The summed E-state index contributed by atoms with van der Waals surface area (Å²) in [6, 6.07) is 21.8. The molecule has 2 aromatic rings. The van der Waals surface area contributed by atoms with E-state index in [1.807, 2.05) is 178 Å². The Balaban J connectivity index is -0.0000000237. The Hall–Kier alpha value is 5.45. The molecule has 0 saturated heterocycles. The quantitative estimate of drug-likeness (QED) is 0.164. The van der Waals surface area contributed by atoms with Crippen LogP contribution >= 0.6 is 0 Å². The largest absolute Gasteiger partial charge is 0.532 e. The molecule has 0 N–H and O–H groups in total. The number of unbranched alkanes of at least 4 members (excludes halogenated alkanes) is 3. The Morgan fingerprint density at radius 2 is 0.643 bits per heavy atom. The number of benzene rings is 2. The summed E-state index contributed by atoms with van der Waals surface area (Å²) in [7, 11) is 0. The van der Waals surface area contributed by atoms with Crippen molar-refractivity contribution in [3.63, 3.8) is 0 Å². The molecule has 8 heteroatoms. The normalized spacial score (nSPS) is 8.77. The maximum atomic E-state index is 3.70. The van der Waals surface area contributed by atoms with Crippen LogP contribution in [-0.2, 0) is 262 Å². The Morgan fingerprint density at radius 1 is 0.457 bits per heavy atom. The summed E-state index contributed by atoms with van der Waals surface area (Å²) in [4.78, 5) is 0. The van der Waals surface area contributed by atoms with Crippen molar-refractivity contribution in [2.75, 3.05) is 0 Å². The van der Waals surface area contributed by atoms with Gasteiger partial charge in [-0.05, 0) is 0 Å². The van der Waals surface area contributed by atoms with Crippen LogP contribution < -0.4 is 0 Å². The third kappa shape index (κ3) is 236. The van der Waals surface area contributed by atoms with Gasteiger partial charge in [-0.3, -0.25) is 39.5 Å². The molecule has 2 unspecified atom stereocenters. The van der Waals surface area contributed by atoms with Crippen LogP contribution in [0.4, 0.5) is 0 Å². The van der Waals surface area contributed by atoms with E-state index in [-0.39, 0.29) is 274 Å². The standard InChI is InChI=1S/C8H7.C6H12.C6H6.C6H12.2C5H9.2C5H8.2C4H7.4C2H6.8Y/c1-2-8-6-4-3-5-7-8;2*1-2-4-6-5-3-1;1-3-5-6-4-2;4*1-4-5(2)3;2*1-3-4-2;4*1-2;;;;;;;;/h3-7H,1H2;1-6H2;1-6H;4H,1,3,5-6H2,2H3;2*5H,1H2,2-3H3;2*5H,1-2H2,3H3;2*1,4H2,2H3;4*1-2H3;;;;;;;;/q-1;;;-2;2*-1;2*-2;2*-1;;;;;;;;;;;;. The average molecular weight is 1570 g/mol. The Labute approximate surface area is 649 Å². The Bertz CT molecular complexity index is 860. The number of hydrogen-bond donors (Lipinski definition) is 0. The molecule has 0 heterocycles. The number of allylic oxidation sites excluding steroid dienone is 6. The van der Waals surface area contributed by atoms with Gasteiger partial charge in [-0.25, -0.2) is 0 Å². The van der Waals surface area contributed by atoms with Crippen LogP contribution in [0.5, 0.6) is 0 Å². The number of rotatable bonds is 10. The third-order valence-corrected chi connectivity index (χ3v) is 5.90. The van der Waals surface area contributed by atoms with Gasteiger partial charge in [0.1, 0.15) is 0 Å². The van der Waals surface area contributed by atoms with Crippen LogP contribution in [-0.4, -0.2) is 0 Å². The van der Waals surface area contributed by atoms with Crippen molar-refractivity contribution in [1.29, 1.82) is 0 Å². The van der Waals surface area contributed by atoms with Crippen LogP contribution in [0.15, 0.2) is 113 Å². The van der Waals surface area contributed by atoms with Crippen molar-refractivity contribution in [2.24, 2.45) is 23.7 Å². The van der Waals surface area contributed by atoms with Gasteiger partial charge < -0.3 is 75.5 Å². The summed E-state index contributed by atoms with van der Waals surface area (Å²) in [5, 5.41) is 0. The summed E-state index contributed by atoms with van der Waals surface area (Å²) < 4.78 is 0. The van der Waals surface area contributed by atoms with E-state index >= 15 is 0 Å². The monoisotopic (exact) mass is 1570 g/mol. The molecule has 0 amide bonds. The Morgan fingerprint density at radius 3 is 0.729 bits per heavy atom. The minimum atomic E-state index is 0. The molecule has 2 atom stereocenters. The van der Waals surface area contributed by atoms with Crippen molar-refractivity contribution >= 4 is 0 Å². The van der Waals surface area contributed by atoms with E-state index in [9.17, 15) is 0 Å². The first kappa shape index (κ1) is 131. The molecule has 0 bridgehead atoms. The minimum absolute atomic E-state index is 0. The molecule has 1 fully saturated rings. The fourth-order valence-electron chi connectivity index (χ4n) is 2.35. The van der Waals surface area contributed by atoms with Crippen molar-refractivity contribution in [2.45, 2.75) is 188 Å². The second-order valence-electron chi connectivity index (χ2n) is 12.4. The van der Waals surface area contributed by atoms with E-state index in [0.717, 1.165) is 24.8 Å². The maximum Gasteiger partial charge on any atom is 0 e. The van der Waals surface area contributed by atoms with Gasteiger partial charge in [-0.2, -0.15) is 74.8 Å². The molecule has 0 spiro atoms. The first-order chi connectivity index (χ1) is 29.8. The average Bonchev–Trinajstić information content (AvgIpc) is 3.36. The second-order valence-corrected chi connectivity index (χ2v) is 12.4.